The molecular formula is C21H19N4+. The summed E-state index contributed by atoms with van der Waals surface area (Å²) in [7, 11) is 2.04. The number of benzene rings is 2. The molecule has 0 N–H and O–H groups in total. The van der Waals surface area contributed by atoms with Gasteiger partial charge in [-0.05, 0) is 36.2 Å². The topological polar surface area (TPSA) is 34.6 Å². The van der Waals surface area contributed by atoms with Crippen molar-refractivity contribution in [3.05, 3.63) is 71.4 Å². The molecule has 0 spiro atoms. The Labute approximate surface area is 146 Å². The Hall–Kier alpha value is -3.01. The molecule has 3 heterocycles. The predicted molar refractivity (Wildman–Crippen MR) is 97.8 cm³/mol. The maximum atomic E-state index is 4.93. The van der Waals surface area contributed by atoms with Crippen LogP contribution in [0.4, 0.5) is 0 Å². The van der Waals surface area contributed by atoms with Crippen LogP contribution in [0.25, 0.3) is 28.0 Å². The lowest BCUT2D eigenvalue weighted by Gasteiger charge is -2.09. The zero-order chi connectivity index (χ0) is 17.1. The van der Waals surface area contributed by atoms with Gasteiger partial charge in [-0.1, -0.05) is 23.2 Å². The molecule has 0 saturated heterocycles. The van der Waals surface area contributed by atoms with Crippen LogP contribution in [0.15, 0.2) is 48.8 Å². The van der Waals surface area contributed by atoms with Crippen molar-refractivity contribution in [2.75, 3.05) is 0 Å². The zero-order valence-corrected chi connectivity index (χ0v) is 14.6. The van der Waals surface area contributed by atoms with Crippen molar-refractivity contribution in [3.63, 3.8) is 0 Å². The summed E-state index contributed by atoms with van der Waals surface area (Å²) in [5, 5.41) is 0. The molecule has 0 fully saturated rings. The van der Waals surface area contributed by atoms with E-state index >= 15 is 0 Å². The Bertz CT molecular complexity index is 1150. The Morgan fingerprint density at radius 3 is 2.80 bits per heavy atom. The van der Waals surface area contributed by atoms with E-state index in [1.165, 1.54) is 33.6 Å². The van der Waals surface area contributed by atoms with Gasteiger partial charge < -0.3 is 0 Å². The number of hydrogen-bond acceptors (Lipinski definition) is 2. The van der Waals surface area contributed by atoms with Crippen LogP contribution in [0.5, 0.6) is 0 Å². The maximum Gasteiger partial charge on any atom is 0.286 e. The molecule has 0 unspecified atom stereocenters. The fourth-order valence-corrected chi connectivity index (χ4v) is 3.83. The van der Waals surface area contributed by atoms with Crippen molar-refractivity contribution in [2.45, 2.75) is 20.3 Å². The third-order valence-corrected chi connectivity index (χ3v) is 5.09. The molecule has 2 aromatic heterocycles. The first kappa shape index (κ1) is 14.3. The van der Waals surface area contributed by atoms with Gasteiger partial charge in [-0.3, -0.25) is 4.57 Å². The summed E-state index contributed by atoms with van der Waals surface area (Å²) in [5.41, 5.74) is 9.51. The van der Waals surface area contributed by atoms with E-state index in [0.717, 1.165) is 23.5 Å². The number of imidazole rings is 1. The fraction of sp³-hybridized carbons (Fsp3) is 0.190. The Morgan fingerprint density at radius 1 is 1.08 bits per heavy atom. The van der Waals surface area contributed by atoms with Gasteiger partial charge in [0.1, 0.15) is 11.5 Å². The van der Waals surface area contributed by atoms with Gasteiger partial charge in [-0.25, -0.2) is 9.55 Å². The number of para-hydroxylation sites is 1. The number of aryl methyl sites for hydroxylation is 3. The first-order valence-corrected chi connectivity index (χ1v) is 8.55. The second kappa shape index (κ2) is 4.99. The molecule has 0 atom stereocenters. The molecule has 4 nitrogen and oxygen atoms in total. The molecule has 5 rings (SSSR count). The monoisotopic (exact) mass is 327 g/mol. The summed E-state index contributed by atoms with van der Waals surface area (Å²) < 4.78 is 4.37. The van der Waals surface area contributed by atoms with Crippen LogP contribution in [0.2, 0.25) is 0 Å². The molecule has 1 aliphatic heterocycles. The number of aromatic nitrogens is 4. The van der Waals surface area contributed by atoms with E-state index in [0.29, 0.717) is 0 Å². The molecule has 122 valence electrons. The van der Waals surface area contributed by atoms with Crippen LogP contribution in [0.1, 0.15) is 22.6 Å². The maximum absolute atomic E-state index is 4.93. The predicted octanol–water partition coefficient (Wildman–Crippen LogP) is 3.43. The van der Waals surface area contributed by atoms with Gasteiger partial charge in [-0.2, -0.15) is 0 Å². The second-order valence-corrected chi connectivity index (χ2v) is 6.85. The van der Waals surface area contributed by atoms with Crippen molar-refractivity contribution in [2.24, 2.45) is 7.05 Å². The minimum absolute atomic E-state index is 0.904. The standard InChI is InChI=1S/C21H19N4/c1-13-8-20-17(11-16(13)19-9-14(2)22-12-24(19)3)23-21-10-15-6-4-5-7-18(15)25(20)21/h4-9,11-12H,10H2,1-3H3/q+1. The molecule has 25 heavy (non-hydrogen) atoms. The summed E-state index contributed by atoms with van der Waals surface area (Å²) in [6.45, 7) is 4.20. The highest BCUT2D eigenvalue weighted by molar-refractivity contribution is 5.86. The van der Waals surface area contributed by atoms with Gasteiger partial charge >= 0.3 is 0 Å². The van der Waals surface area contributed by atoms with Crippen LogP contribution < -0.4 is 4.57 Å². The molecule has 0 bridgehead atoms. The molecule has 4 heteroatoms. The molecule has 0 amide bonds. The summed E-state index contributed by atoms with van der Waals surface area (Å²) in [4.78, 5) is 9.29. The van der Waals surface area contributed by atoms with Gasteiger partial charge in [0.2, 0.25) is 0 Å². The smallest absolute Gasteiger partial charge is 0.286 e. The minimum atomic E-state index is 0.904. The molecule has 0 saturated carbocycles. The third-order valence-electron chi connectivity index (χ3n) is 5.09. The summed E-state index contributed by atoms with van der Waals surface area (Å²) >= 11 is 0. The van der Waals surface area contributed by atoms with Gasteiger partial charge in [0.05, 0.1) is 23.8 Å². The Balaban J connectivity index is 1.77. The molecule has 4 aromatic rings. The van der Waals surface area contributed by atoms with E-state index in [2.05, 4.69) is 63.5 Å². The van der Waals surface area contributed by atoms with Crippen LogP contribution in [0, 0.1) is 13.8 Å². The normalized spacial score (nSPS) is 12.4. The highest BCUT2D eigenvalue weighted by Crippen LogP contribution is 2.34. The first-order chi connectivity index (χ1) is 12.1. The van der Waals surface area contributed by atoms with Crippen LogP contribution in [-0.2, 0) is 13.5 Å². The first-order valence-electron chi connectivity index (χ1n) is 8.55. The van der Waals surface area contributed by atoms with E-state index in [9.17, 15) is 0 Å². The molecule has 0 radical (unpaired) electrons. The van der Waals surface area contributed by atoms with Gasteiger partial charge in [0.15, 0.2) is 5.69 Å². The quantitative estimate of drug-likeness (QED) is 0.442. The van der Waals surface area contributed by atoms with Crippen molar-refractivity contribution >= 4 is 11.0 Å². The Kier molecular flexibility index (Phi) is 2.86. The average molecular weight is 327 g/mol. The zero-order valence-electron chi connectivity index (χ0n) is 14.6. The van der Waals surface area contributed by atoms with Crippen LogP contribution >= 0.6 is 0 Å². The highest BCUT2D eigenvalue weighted by Gasteiger charge is 2.23. The largest absolute Gasteiger partial charge is 0.296 e. The number of nitrogens with zero attached hydrogens (tertiary/aromatic N) is 4. The fourth-order valence-electron chi connectivity index (χ4n) is 3.83. The van der Waals surface area contributed by atoms with Crippen LogP contribution in [-0.4, -0.2) is 14.5 Å². The van der Waals surface area contributed by atoms with Crippen LogP contribution in [0.3, 0.4) is 0 Å². The lowest BCUT2D eigenvalue weighted by Crippen LogP contribution is -2.31. The van der Waals surface area contributed by atoms with Crippen molar-refractivity contribution in [1.82, 2.24) is 14.5 Å². The summed E-state index contributed by atoms with van der Waals surface area (Å²) in [6.07, 6.45) is 2.78. The van der Waals surface area contributed by atoms with Crippen molar-refractivity contribution in [3.8, 4) is 16.9 Å². The molecule has 2 aromatic carbocycles. The third kappa shape index (κ3) is 2.03. The lowest BCUT2D eigenvalue weighted by atomic mass is 10.0. The summed E-state index contributed by atoms with van der Waals surface area (Å²) in [6, 6.07) is 15.2. The minimum Gasteiger partial charge on any atom is -0.296 e. The van der Waals surface area contributed by atoms with E-state index < -0.39 is 0 Å². The number of rotatable bonds is 1. The van der Waals surface area contributed by atoms with Gasteiger partial charge in [0, 0.05) is 25.0 Å². The number of fused-ring (bicyclic) bond motifs is 5. The Morgan fingerprint density at radius 2 is 1.92 bits per heavy atom. The lowest BCUT2D eigenvalue weighted by molar-refractivity contribution is -0.663. The van der Waals surface area contributed by atoms with E-state index in [1.807, 2.05) is 20.3 Å². The van der Waals surface area contributed by atoms with Crippen molar-refractivity contribution in [1.29, 1.82) is 0 Å². The van der Waals surface area contributed by atoms with Crippen molar-refractivity contribution < 1.29 is 4.57 Å². The molecular weight excluding hydrogens is 308 g/mol. The van der Waals surface area contributed by atoms with E-state index in [4.69, 9.17) is 4.98 Å². The summed E-state index contributed by atoms with van der Waals surface area (Å²) in [5.74, 6) is 1.13. The highest BCUT2D eigenvalue weighted by atomic mass is 15.1. The van der Waals surface area contributed by atoms with Gasteiger partial charge in [0.25, 0.3) is 6.33 Å². The molecule has 0 aliphatic carbocycles. The number of hydrogen-bond donors (Lipinski definition) is 0. The van der Waals surface area contributed by atoms with E-state index in [-0.39, 0.29) is 0 Å². The second-order valence-electron chi connectivity index (χ2n) is 6.85. The van der Waals surface area contributed by atoms with E-state index in [1.54, 1.807) is 0 Å². The molecule has 1 aliphatic rings. The van der Waals surface area contributed by atoms with Gasteiger partial charge in [-0.15, -0.1) is 0 Å². The average Bonchev–Trinajstić information content (AvgIpc) is 3.12. The SMILES string of the molecule is Cc1cc(-c2cc3nc4n(c3cc2C)-c2ccccc2C4)[n+](C)cn1.